The highest BCUT2D eigenvalue weighted by Gasteiger charge is 2.17. The topological polar surface area (TPSA) is 92.1 Å². The van der Waals surface area contributed by atoms with Crippen LogP contribution in [-0.2, 0) is 9.53 Å². The van der Waals surface area contributed by atoms with Crippen LogP contribution in [0.15, 0.2) is 88.0 Å². The van der Waals surface area contributed by atoms with Crippen molar-refractivity contribution in [3.63, 3.8) is 0 Å². The predicted molar refractivity (Wildman–Crippen MR) is 133 cm³/mol. The summed E-state index contributed by atoms with van der Waals surface area (Å²) >= 11 is 2.60. The first-order valence-electron chi connectivity index (χ1n) is 10.3. The molecule has 0 aliphatic carbocycles. The van der Waals surface area contributed by atoms with Crippen molar-refractivity contribution in [1.82, 2.24) is 4.98 Å². The molecule has 0 aliphatic rings. The van der Waals surface area contributed by atoms with Crippen LogP contribution in [0.25, 0.3) is 11.3 Å². The van der Waals surface area contributed by atoms with E-state index in [1.54, 1.807) is 36.4 Å². The van der Waals surface area contributed by atoms with Gasteiger partial charge in [0.25, 0.3) is 5.91 Å². The van der Waals surface area contributed by atoms with E-state index in [1.165, 1.54) is 23.1 Å². The summed E-state index contributed by atoms with van der Waals surface area (Å²) in [5.41, 5.74) is 3.72. The fraction of sp³-hybridized carbons (Fsp3) is 0.0769. The van der Waals surface area contributed by atoms with Crippen molar-refractivity contribution in [1.29, 1.82) is 5.26 Å². The molecule has 0 radical (unpaired) electrons. The Morgan fingerprint density at radius 3 is 2.50 bits per heavy atom. The lowest BCUT2D eigenvalue weighted by Gasteiger charge is -2.10. The maximum Gasteiger partial charge on any atom is 0.339 e. The highest BCUT2D eigenvalue weighted by Crippen LogP contribution is 2.33. The Labute approximate surface area is 205 Å². The monoisotopic (exact) mass is 485 g/mol. The Morgan fingerprint density at radius 2 is 1.74 bits per heavy atom. The number of hydrogen-bond acceptors (Lipinski definition) is 7. The normalized spacial score (nSPS) is 10.4. The average Bonchev–Trinajstić information content (AvgIpc) is 3.32. The zero-order chi connectivity index (χ0) is 23.9. The molecule has 0 saturated heterocycles. The third kappa shape index (κ3) is 5.70. The highest BCUT2D eigenvalue weighted by molar-refractivity contribution is 7.99. The molecular weight excluding hydrogens is 466 g/mol. The molecule has 1 aromatic heterocycles. The molecule has 0 fully saturated rings. The molecule has 0 saturated carbocycles. The largest absolute Gasteiger partial charge is 0.452 e. The van der Waals surface area contributed by atoms with Gasteiger partial charge in [-0.15, -0.1) is 11.3 Å². The molecule has 0 aliphatic heterocycles. The lowest BCUT2D eigenvalue weighted by molar-refractivity contribution is -0.119. The molecule has 0 atom stereocenters. The van der Waals surface area contributed by atoms with Gasteiger partial charge in [-0.1, -0.05) is 65.9 Å². The third-order valence-corrected chi connectivity index (χ3v) is 6.68. The molecule has 8 heteroatoms. The van der Waals surface area contributed by atoms with Crippen molar-refractivity contribution in [3.05, 3.63) is 94.9 Å². The van der Waals surface area contributed by atoms with E-state index in [-0.39, 0.29) is 0 Å². The van der Waals surface area contributed by atoms with Gasteiger partial charge in [-0.05, 0) is 31.2 Å². The van der Waals surface area contributed by atoms with Crippen LogP contribution in [0.1, 0.15) is 21.5 Å². The molecule has 34 heavy (non-hydrogen) atoms. The first kappa shape index (κ1) is 23.2. The maximum absolute atomic E-state index is 12.7. The second kappa shape index (κ2) is 10.8. The van der Waals surface area contributed by atoms with Gasteiger partial charge in [0, 0.05) is 20.7 Å². The van der Waals surface area contributed by atoms with Crippen molar-refractivity contribution in [3.8, 4) is 17.3 Å². The van der Waals surface area contributed by atoms with Gasteiger partial charge in [0.2, 0.25) is 0 Å². The van der Waals surface area contributed by atoms with Crippen molar-refractivity contribution >= 4 is 40.1 Å². The van der Waals surface area contributed by atoms with Crippen LogP contribution in [0.5, 0.6) is 0 Å². The number of benzene rings is 3. The lowest BCUT2D eigenvalue weighted by atomic mass is 10.1. The minimum absolute atomic E-state index is 0.323. The summed E-state index contributed by atoms with van der Waals surface area (Å²) in [4.78, 5) is 30.8. The number of anilines is 1. The minimum Gasteiger partial charge on any atom is -0.452 e. The molecule has 6 nitrogen and oxygen atoms in total. The van der Waals surface area contributed by atoms with E-state index in [2.05, 4.69) is 16.4 Å². The quantitative estimate of drug-likeness (QED) is 0.326. The van der Waals surface area contributed by atoms with Gasteiger partial charge in [0.1, 0.15) is 6.07 Å². The molecule has 4 rings (SSSR count). The number of nitrogens with one attached hydrogen (secondary N) is 1. The Bertz CT molecular complexity index is 1370. The van der Waals surface area contributed by atoms with Crippen molar-refractivity contribution < 1.29 is 14.3 Å². The first-order valence-corrected chi connectivity index (χ1v) is 12.0. The number of nitrogens with zero attached hydrogens (tertiary/aromatic N) is 2. The van der Waals surface area contributed by atoms with Crippen LogP contribution in [0.3, 0.4) is 0 Å². The number of esters is 1. The van der Waals surface area contributed by atoms with Crippen LogP contribution in [-0.4, -0.2) is 23.5 Å². The fourth-order valence-corrected chi connectivity index (χ4v) is 4.79. The Kier molecular flexibility index (Phi) is 7.38. The number of amides is 1. The van der Waals surface area contributed by atoms with E-state index in [4.69, 9.17) is 4.74 Å². The zero-order valence-corrected chi connectivity index (χ0v) is 19.8. The van der Waals surface area contributed by atoms with Crippen molar-refractivity contribution in [2.45, 2.75) is 16.7 Å². The molecule has 0 spiro atoms. The van der Waals surface area contributed by atoms with Crippen LogP contribution in [0, 0.1) is 18.3 Å². The van der Waals surface area contributed by atoms with E-state index in [0.717, 1.165) is 21.7 Å². The van der Waals surface area contributed by atoms with Gasteiger partial charge in [-0.3, -0.25) is 10.1 Å². The van der Waals surface area contributed by atoms with Crippen LogP contribution in [0.2, 0.25) is 0 Å². The number of thiazole rings is 1. The summed E-state index contributed by atoms with van der Waals surface area (Å²) < 4.78 is 5.25. The maximum atomic E-state index is 12.7. The zero-order valence-electron chi connectivity index (χ0n) is 18.1. The smallest absolute Gasteiger partial charge is 0.339 e. The highest BCUT2D eigenvalue weighted by atomic mass is 32.2. The third-order valence-electron chi connectivity index (χ3n) is 4.77. The Morgan fingerprint density at radius 1 is 1.03 bits per heavy atom. The van der Waals surface area contributed by atoms with Crippen molar-refractivity contribution in [2.75, 3.05) is 11.9 Å². The van der Waals surface area contributed by atoms with Crippen LogP contribution in [0.4, 0.5) is 5.13 Å². The van der Waals surface area contributed by atoms with E-state index in [1.807, 2.05) is 48.7 Å². The second-order valence-corrected chi connectivity index (χ2v) is 9.18. The number of hydrogen-bond donors (Lipinski definition) is 1. The van der Waals surface area contributed by atoms with E-state index < -0.39 is 18.5 Å². The van der Waals surface area contributed by atoms with Gasteiger partial charge in [0.05, 0.1) is 16.8 Å². The molecule has 168 valence electrons. The van der Waals surface area contributed by atoms with Gasteiger partial charge >= 0.3 is 5.97 Å². The molecule has 1 N–H and O–H groups in total. The number of rotatable bonds is 7. The number of carbonyl (C=O) groups is 2. The number of carbonyl (C=O) groups excluding carboxylic acids is 2. The van der Waals surface area contributed by atoms with Crippen molar-refractivity contribution in [2.24, 2.45) is 0 Å². The van der Waals surface area contributed by atoms with Gasteiger partial charge in [-0.25, -0.2) is 9.78 Å². The SMILES string of the molecule is Cc1ccc(-c2csc(NC(=O)COC(=O)c3ccccc3Sc3ccccc3C#N)n2)cc1. The van der Waals surface area contributed by atoms with Crippen LogP contribution >= 0.6 is 23.1 Å². The molecular formula is C26H19N3O3S2. The number of ether oxygens (including phenoxy) is 1. The molecule has 3 aromatic carbocycles. The van der Waals surface area contributed by atoms with E-state index in [0.29, 0.717) is 21.2 Å². The van der Waals surface area contributed by atoms with E-state index in [9.17, 15) is 14.9 Å². The Balaban J connectivity index is 1.37. The molecule has 0 bridgehead atoms. The summed E-state index contributed by atoms with van der Waals surface area (Å²) in [5, 5.41) is 14.3. The summed E-state index contributed by atoms with van der Waals surface area (Å²) in [5.74, 6) is -1.09. The molecule has 4 aromatic rings. The van der Waals surface area contributed by atoms with E-state index >= 15 is 0 Å². The predicted octanol–water partition coefficient (Wildman–Crippen LogP) is 5.94. The first-order chi connectivity index (χ1) is 16.5. The molecule has 0 unspecified atom stereocenters. The molecule has 1 heterocycles. The number of nitriles is 1. The Hall–Kier alpha value is -3.93. The standard InChI is InChI=1S/C26H19N3O3S2/c1-17-10-12-18(13-11-17)21-16-33-26(28-21)29-24(30)15-32-25(31)20-7-3-5-9-23(20)34-22-8-4-2-6-19(22)14-27/h2-13,16H,15H2,1H3,(H,28,29,30). The van der Waals surface area contributed by atoms with Gasteiger partial charge in [-0.2, -0.15) is 5.26 Å². The summed E-state index contributed by atoms with van der Waals surface area (Å²) in [6, 6.07) is 24.2. The fourth-order valence-electron chi connectivity index (χ4n) is 3.04. The lowest BCUT2D eigenvalue weighted by Crippen LogP contribution is -2.21. The summed E-state index contributed by atoms with van der Waals surface area (Å²) in [7, 11) is 0. The van der Waals surface area contributed by atoms with Crippen LogP contribution < -0.4 is 5.32 Å². The summed E-state index contributed by atoms with van der Waals surface area (Å²) in [6.45, 7) is 1.58. The van der Waals surface area contributed by atoms with Gasteiger partial charge in [0.15, 0.2) is 11.7 Å². The average molecular weight is 486 g/mol. The summed E-state index contributed by atoms with van der Waals surface area (Å²) in [6.07, 6.45) is 0. The minimum atomic E-state index is -0.618. The second-order valence-electron chi connectivity index (χ2n) is 7.23. The number of aryl methyl sites for hydroxylation is 1. The molecule has 1 amide bonds. The number of aromatic nitrogens is 1. The van der Waals surface area contributed by atoms with Gasteiger partial charge < -0.3 is 4.74 Å².